The lowest BCUT2D eigenvalue weighted by atomic mass is 9.78. The third kappa shape index (κ3) is 3.21. The Morgan fingerprint density at radius 3 is 2.38 bits per heavy atom. The third-order valence-corrected chi connectivity index (χ3v) is 6.16. The molecule has 1 aliphatic carbocycles. The molecule has 29 heavy (non-hydrogen) atoms. The van der Waals surface area contributed by atoms with Gasteiger partial charge in [0, 0.05) is 36.5 Å². The molecule has 0 aliphatic heterocycles. The van der Waals surface area contributed by atoms with Gasteiger partial charge in [0.2, 0.25) is 0 Å². The lowest BCUT2D eigenvalue weighted by molar-refractivity contribution is 0.383. The largest absolute Gasteiger partial charge is 0.275 e. The molecule has 0 bridgehead atoms. The Hall–Kier alpha value is -3.39. The van der Waals surface area contributed by atoms with E-state index in [1.165, 1.54) is 22.2 Å². The van der Waals surface area contributed by atoms with Crippen molar-refractivity contribution in [1.82, 2.24) is 19.4 Å². The maximum Gasteiger partial charge on any atom is 0.0774 e. The van der Waals surface area contributed by atoms with Crippen LogP contribution in [0.15, 0.2) is 61.2 Å². The molecule has 0 N–H and O–H groups in total. The highest BCUT2D eigenvalue weighted by atomic mass is 15.2. The standard InChI is InChI=1S/C24H23N5/c1-28-16-21(14-26-28)18-8-10-20(11-9-18)23-15-27-29-12-2-3-22(24(23)29)19-6-4-17(13-25)5-7-19/h2-3,8-12,14-17,19H,4-7H2,1H3. The fourth-order valence-corrected chi connectivity index (χ4v) is 4.56. The smallest absolute Gasteiger partial charge is 0.0774 e. The molecule has 1 aromatic carbocycles. The minimum absolute atomic E-state index is 0.218. The summed E-state index contributed by atoms with van der Waals surface area (Å²) in [5, 5.41) is 18.1. The first-order valence-corrected chi connectivity index (χ1v) is 10.2. The summed E-state index contributed by atoms with van der Waals surface area (Å²) < 4.78 is 3.82. The minimum Gasteiger partial charge on any atom is -0.275 e. The molecule has 3 aromatic heterocycles. The van der Waals surface area contributed by atoms with Gasteiger partial charge in [-0.15, -0.1) is 0 Å². The highest BCUT2D eigenvalue weighted by Crippen LogP contribution is 2.39. The van der Waals surface area contributed by atoms with Gasteiger partial charge in [0.05, 0.1) is 24.0 Å². The van der Waals surface area contributed by atoms with E-state index in [9.17, 15) is 5.26 Å². The summed E-state index contributed by atoms with van der Waals surface area (Å²) >= 11 is 0. The number of aromatic nitrogens is 4. The van der Waals surface area contributed by atoms with Crippen LogP contribution < -0.4 is 0 Å². The summed E-state index contributed by atoms with van der Waals surface area (Å²) in [6.45, 7) is 0. The Morgan fingerprint density at radius 2 is 1.69 bits per heavy atom. The van der Waals surface area contributed by atoms with Crippen molar-refractivity contribution in [3.05, 3.63) is 66.7 Å². The summed E-state index contributed by atoms with van der Waals surface area (Å²) in [5.74, 6) is 0.712. The number of rotatable bonds is 3. The van der Waals surface area contributed by atoms with Gasteiger partial charge in [0.1, 0.15) is 0 Å². The van der Waals surface area contributed by atoms with Gasteiger partial charge in [-0.25, -0.2) is 4.52 Å². The summed E-state index contributed by atoms with van der Waals surface area (Å²) in [5.41, 5.74) is 7.17. The molecule has 5 nitrogen and oxygen atoms in total. The number of pyridine rings is 1. The van der Waals surface area contributed by atoms with Crippen LogP contribution in [0, 0.1) is 17.2 Å². The number of fused-ring (bicyclic) bond motifs is 1. The Kier molecular flexibility index (Phi) is 4.40. The number of hydrogen-bond acceptors (Lipinski definition) is 3. The SMILES string of the molecule is Cn1cc(-c2ccc(-c3cnn4cccc(C5CCC(C#N)CC5)c34)cc2)cn1. The van der Waals surface area contributed by atoms with Crippen LogP contribution in [0.3, 0.4) is 0 Å². The zero-order valence-corrected chi connectivity index (χ0v) is 16.5. The molecule has 1 fully saturated rings. The molecular weight excluding hydrogens is 358 g/mol. The second-order valence-electron chi connectivity index (χ2n) is 7.97. The number of nitrogens with zero attached hydrogens (tertiary/aromatic N) is 5. The zero-order chi connectivity index (χ0) is 19.8. The Morgan fingerprint density at radius 1 is 0.931 bits per heavy atom. The van der Waals surface area contributed by atoms with E-state index in [2.05, 4.69) is 52.7 Å². The third-order valence-electron chi connectivity index (χ3n) is 6.16. The van der Waals surface area contributed by atoms with Gasteiger partial charge < -0.3 is 0 Å². The first-order chi connectivity index (χ1) is 14.2. The number of aryl methyl sites for hydroxylation is 1. The van der Waals surface area contributed by atoms with E-state index in [4.69, 9.17) is 0 Å². The number of nitriles is 1. The van der Waals surface area contributed by atoms with Gasteiger partial charge in [0.15, 0.2) is 0 Å². The molecule has 5 rings (SSSR count). The van der Waals surface area contributed by atoms with Crippen LogP contribution in [0.4, 0.5) is 0 Å². The van der Waals surface area contributed by atoms with Crippen molar-refractivity contribution < 1.29 is 0 Å². The minimum atomic E-state index is 0.218. The first kappa shape index (κ1) is 17.7. The van der Waals surface area contributed by atoms with Crippen molar-refractivity contribution in [2.75, 3.05) is 0 Å². The van der Waals surface area contributed by atoms with Crippen LogP contribution in [0.2, 0.25) is 0 Å². The molecule has 0 saturated heterocycles. The number of benzene rings is 1. The van der Waals surface area contributed by atoms with Crippen molar-refractivity contribution in [2.24, 2.45) is 13.0 Å². The normalized spacial score (nSPS) is 19.3. The Bertz CT molecular complexity index is 1180. The fourth-order valence-electron chi connectivity index (χ4n) is 4.56. The molecule has 0 radical (unpaired) electrons. The summed E-state index contributed by atoms with van der Waals surface area (Å²) in [6.07, 6.45) is 12.0. The molecule has 1 aliphatic rings. The van der Waals surface area contributed by atoms with Crippen LogP contribution >= 0.6 is 0 Å². The van der Waals surface area contributed by atoms with Gasteiger partial charge >= 0.3 is 0 Å². The van der Waals surface area contributed by atoms with Gasteiger partial charge in [-0.1, -0.05) is 30.3 Å². The molecule has 144 valence electrons. The molecule has 0 spiro atoms. The molecule has 0 unspecified atom stereocenters. The first-order valence-electron chi connectivity index (χ1n) is 10.2. The van der Waals surface area contributed by atoms with Crippen molar-refractivity contribution in [1.29, 1.82) is 5.26 Å². The lowest BCUT2D eigenvalue weighted by Crippen LogP contribution is -2.12. The quantitative estimate of drug-likeness (QED) is 0.490. The number of hydrogen-bond donors (Lipinski definition) is 0. The monoisotopic (exact) mass is 381 g/mol. The van der Waals surface area contributed by atoms with E-state index in [1.54, 1.807) is 0 Å². The topological polar surface area (TPSA) is 58.9 Å². The second-order valence-corrected chi connectivity index (χ2v) is 7.97. The van der Waals surface area contributed by atoms with Crippen LogP contribution in [0.1, 0.15) is 37.2 Å². The molecule has 0 atom stereocenters. The fraction of sp³-hybridized carbons (Fsp3) is 0.292. The van der Waals surface area contributed by atoms with E-state index < -0.39 is 0 Å². The van der Waals surface area contributed by atoms with E-state index in [1.807, 2.05) is 41.0 Å². The zero-order valence-electron chi connectivity index (χ0n) is 16.5. The van der Waals surface area contributed by atoms with E-state index >= 15 is 0 Å². The highest BCUT2D eigenvalue weighted by molar-refractivity contribution is 5.83. The maximum absolute atomic E-state index is 9.22. The Balaban J connectivity index is 1.52. The predicted octanol–water partition coefficient (Wildman–Crippen LogP) is 5.20. The lowest BCUT2D eigenvalue weighted by Gasteiger charge is -2.25. The predicted molar refractivity (Wildman–Crippen MR) is 113 cm³/mol. The summed E-state index contributed by atoms with van der Waals surface area (Å²) in [4.78, 5) is 0. The van der Waals surface area contributed by atoms with Crippen molar-refractivity contribution >= 4 is 5.52 Å². The Labute approximate surface area is 170 Å². The average molecular weight is 381 g/mol. The van der Waals surface area contributed by atoms with E-state index in [-0.39, 0.29) is 5.92 Å². The van der Waals surface area contributed by atoms with Crippen molar-refractivity contribution in [2.45, 2.75) is 31.6 Å². The van der Waals surface area contributed by atoms with Gasteiger partial charge in [-0.2, -0.15) is 15.5 Å². The van der Waals surface area contributed by atoms with E-state index in [0.29, 0.717) is 5.92 Å². The maximum atomic E-state index is 9.22. The summed E-state index contributed by atoms with van der Waals surface area (Å²) in [6, 6.07) is 15.4. The van der Waals surface area contributed by atoms with Crippen molar-refractivity contribution in [3.63, 3.8) is 0 Å². The van der Waals surface area contributed by atoms with Crippen molar-refractivity contribution in [3.8, 4) is 28.3 Å². The molecule has 0 amide bonds. The summed E-state index contributed by atoms with van der Waals surface area (Å²) in [7, 11) is 1.93. The van der Waals surface area contributed by atoms with E-state index in [0.717, 1.165) is 36.8 Å². The highest BCUT2D eigenvalue weighted by Gasteiger charge is 2.25. The molecular formula is C24H23N5. The average Bonchev–Trinajstić information content (AvgIpc) is 3.40. The molecule has 4 aromatic rings. The van der Waals surface area contributed by atoms with Crippen LogP contribution in [-0.4, -0.2) is 19.4 Å². The molecule has 3 heterocycles. The van der Waals surface area contributed by atoms with Crippen LogP contribution in [0.25, 0.3) is 27.8 Å². The molecule has 1 saturated carbocycles. The van der Waals surface area contributed by atoms with Gasteiger partial charge in [-0.3, -0.25) is 4.68 Å². The van der Waals surface area contributed by atoms with Crippen LogP contribution in [0.5, 0.6) is 0 Å². The second kappa shape index (κ2) is 7.21. The van der Waals surface area contributed by atoms with Crippen LogP contribution in [-0.2, 0) is 7.05 Å². The van der Waals surface area contributed by atoms with Gasteiger partial charge in [-0.05, 0) is 54.4 Å². The molecule has 5 heteroatoms. The van der Waals surface area contributed by atoms with Gasteiger partial charge in [0.25, 0.3) is 0 Å².